The molecule has 0 amide bonds. The van der Waals surface area contributed by atoms with Crippen LogP contribution in [-0.4, -0.2) is 26.3 Å². The van der Waals surface area contributed by atoms with Gasteiger partial charge in [-0.15, -0.1) is 0 Å². The first-order valence-electron chi connectivity index (χ1n) is 7.20. The standard InChI is InChI=1S/C16H23O5P/c1-5-20-22(18,21-6-2)15(12-16(17)19-4)13(3)14-10-8-7-9-11-14/h7-11H,5-6,12H2,1-4H3/b15-13+. The summed E-state index contributed by atoms with van der Waals surface area (Å²) in [6, 6.07) is 9.41. The summed E-state index contributed by atoms with van der Waals surface area (Å²) in [7, 11) is -2.24. The SMILES string of the molecule is CCOP(=O)(OCC)/C(CC(=O)OC)=C(\C)c1ccccc1. The monoisotopic (exact) mass is 326 g/mol. The van der Waals surface area contributed by atoms with Crippen molar-refractivity contribution in [2.75, 3.05) is 20.3 Å². The predicted octanol–water partition coefficient (Wildman–Crippen LogP) is 4.25. The maximum atomic E-state index is 13.1. The minimum Gasteiger partial charge on any atom is -0.469 e. The van der Waals surface area contributed by atoms with Crippen molar-refractivity contribution in [3.8, 4) is 0 Å². The van der Waals surface area contributed by atoms with Crippen LogP contribution >= 0.6 is 7.60 Å². The fourth-order valence-corrected chi connectivity index (χ4v) is 3.96. The van der Waals surface area contributed by atoms with Gasteiger partial charge in [-0.1, -0.05) is 30.3 Å². The number of ether oxygens (including phenoxy) is 1. The number of carbonyl (C=O) groups is 1. The van der Waals surface area contributed by atoms with Crippen molar-refractivity contribution in [2.24, 2.45) is 0 Å². The van der Waals surface area contributed by atoms with Crippen LogP contribution in [0.1, 0.15) is 32.8 Å². The Labute approximate surface area is 131 Å². The van der Waals surface area contributed by atoms with E-state index in [1.807, 2.05) is 30.3 Å². The summed E-state index contributed by atoms with van der Waals surface area (Å²) in [5, 5.41) is 0.342. The summed E-state index contributed by atoms with van der Waals surface area (Å²) in [5.74, 6) is -0.482. The highest BCUT2D eigenvalue weighted by molar-refractivity contribution is 7.58. The van der Waals surface area contributed by atoms with Crippen molar-refractivity contribution < 1.29 is 23.1 Å². The zero-order valence-electron chi connectivity index (χ0n) is 13.5. The van der Waals surface area contributed by atoms with Crippen molar-refractivity contribution in [3.63, 3.8) is 0 Å². The molecule has 0 N–H and O–H groups in total. The topological polar surface area (TPSA) is 61.8 Å². The highest BCUT2D eigenvalue weighted by atomic mass is 31.2. The van der Waals surface area contributed by atoms with Crippen LogP contribution in [-0.2, 0) is 23.1 Å². The van der Waals surface area contributed by atoms with E-state index in [4.69, 9.17) is 13.8 Å². The van der Waals surface area contributed by atoms with Crippen LogP contribution < -0.4 is 0 Å². The predicted molar refractivity (Wildman–Crippen MR) is 86.5 cm³/mol. The van der Waals surface area contributed by atoms with Gasteiger partial charge in [-0.05, 0) is 31.9 Å². The quantitative estimate of drug-likeness (QED) is 0.528. The maximum Gasteiger partial charge on any atom is 0.358 e. The van der Waals surface area contributed by atoms with Crippen LogP contribution in [0.25, 0.3) is 5.57 Å². The van der Waals surface area contributed by atoms with Gasteiger partial charge in [0.25, 0.3) is 0 Å². The minimum atomic E-state index is -3.54. The second-order valence-corrected chi connectivity index (χ2v) is 6.57. The van der Waals surface area contributed by atoms with Crippen molar-refractivity contribution in [1.82, 2.24) is 0 Å². The van der Waals surface area contributed by atoms with Crippen molar-refractivity contribution in [2.45, 2.75) is 27.2 Å². The number of rotatable bonds is 8. The van der Waals surface area contributed by atoms with Crippen LogP contribution in [0.15, 0.2) is 35.6 Å². The number of methoxy groups -OCH3 is 1. The van der Waals surface area contributed by atoms with Crippen LogP contribution in [0.4, 0.5) is 0 Å². The summed E-state index contributed by atoms with van der Waals surface area (Å²) >= 11 is 0. The smallest absolute Gasteiger partial charge is 0.358 e. The summed E-state index contributed by atoms with van der Waals surface area (Å²) in [4.78, 5) is 11.7. The van der Waals surface area contributed by atoms with Gasteiger partial charge in [-0.2, -0.15) is 0 Å². The third-order valence-corrected chi connectivity index (χ3v) is 5.46. The normalized spacial score (nSPS) is 12.7. The Bertz CT molecular complexity index is 555. The lowest BCUT2D eigenvalue weighted by Gasteiger charge is -2.22. The maximum absolute atomic E-state index is 13.1. The third kappa shape index (κ3) is 4.80. The average molecular weight is 326 g/mol. The van der Waals surface area contributed by atoms with E-state index in [2.05, 4.69) is 0 Å². The van der Waals surface area contributed by atoms with Gasteiger partial charge in [0, 0.05) is 0 Å². The lowest BCUT2D eigenvalue weighted by Crippen LogP contribution is -2.07. The molecule has 0 saturated heterocycles. The van der Waals surface area contributed by atoms with Gasteiger partial charge < -0.3 is 13.8 Å². The molecule has 0 aliphatic carbocycles. The first-order valence-corrected chi connectivity index (χ1v) is 8.74. The average Bonchev–Trinajstić information content (AvgIpc) is 2.53. The molecule has 0 unspecified atom stereocenters. The van der Waals surface area contributed by atoms with Gasteiger partial charge in [0.1, 0.15) is 0 Å². The van der Waals surface area contributed by atoms with Crippen molar-refractivity contribution in [1.29, 1.82) is 0 Å². The Morgan fingerprint density at radius 1 is 1.09 bits per heavy atom. The molecule has 1 rings (SSSR count). The minimum absolute atomic E-state index is 0.130. The van der Waals surface area contributed by atoms with Crippen LogP contribution in [0.3, 0.4) is 0 Å². The van der Waals surface area contributed by atoms with Gasteiger partial charge in [0.15, 0.2) is 0 Å². The molecule has 0 radical (unpaired) electrons. The zero-order valence-corrected chi connectivity index (χ0v) is 14.4. The second-order valence-electron chi connectivity index (χ2n) is 4.52. The number of hydrogen-bond donors (Lipinski definition) is 0. The molecular formula is C16H23O5P. The zero-order chi connectivity index (χ0) is 16.6. The molecule has 1 aromatic carbocycles. The van der Waals surface area contributed by atoms with Crippen molar-refractivity contribution in [3.05, 3.63) is 41.2 Å². The number of benzene rings is 1. The van der Waals surface area contributed by atoms with E-state index in [9.17, 15) is 9.36 Å². The summed E-state index contributed by atoms with van der Waals surface area (Å²) in [6.45, 7) is 5.73. The molecule has 0 aliphatic heterocycles. The fourth-order valence-electron chi connectivity index (χ4n) is 2.03. The van der Waals surface area contributed by atoms with Gasteiger partial charge in [0.2, 0.25) is 0 Å². The van der Waals surface area contributed by atoms with E-state index in [1.54, 1.807) is 20.8 Å². The van der Waals surface area contributed by atoms with Gasteiger partial charge in [0.05, 0.1) is 32.1 Å². The van der Waals surface area contributed by atoms with Crippen molar-refractivity contribution >= 4 is 19.1 Å². The third-order valence-electron chi connectivity index (χ3n) is 3.11. The van der Waals surface area contributed by atoms with Gasteiger partial charge in [-0.3, -0.25) is 9.36 Å². The molecule has 5 nitrogen and oxygen atoms in total. The summed E-state index contributed by atoms with van der Waals surface area (Å²) < 4.78 is 28.6. The number of esters is 1. The van der Waals surface area contributed by atoms with Crippen LogP contribution in [0.5, 0.6) is 0 Å². The number of allylic oxidation sites excluding steroid dienone is 1. The Morgan fingerprint density at radius 2 is 1.64 bits per heavy atom. The molecule has 122 valence electrons. The molecule has 0 spiro atoms. The second kappa shape index (κ2) is 8.89. The van der Waals surface area contributed by atoms with E-state index < -0.39 is 13.6 Å². The van der Waals surface area contributed by atoms with E-state index in [0.29, 0.717) is 10.9 Å². The Balaban J connectivity index is 3.39. The van der Waals surface area contributed by atoms with Gasteiger partial charge in [-0.25, -0.2) is 0 Å². The van der Waals surface area contributed by atoms with Crippen LogP contribution in [0.2, 0.25) is 0 Å². The molecule has 1 aromatic rings. The lowest BCUT2D eigenvalue weighted by molar-refractivity contribution is -0.139. The molecule has 22 heavy (non-hydrogen) atoms. The molecule has 0 heterocycles. The molecular weight excluding hydrogens is 303 g/mol. The molecule has 0 atom stereocenters. The Hall–Kier alpha value is -1.42. The molecule has 6 heteroatoms. The lowest BCUT2D eigenvalue weighted by atomic mass is 10.1. The number of carbonyl (C=O) groups excluding carboxylic acids is 1. The summed E-state index contributed by atoms with van der Waals surface area (Å²) in [6.07, 6.45) is -0.130. The van der Waals surface area contributed by atoms with Gasteiger partial charge >= 0.3 is 13.6 Å². The first-order chi connectivity index (χ1) is 10.5. The molecule has 0 fully saturated rings. The Kier molecular flexibility index (Phi) is 7.52. The van der Waals surface area contributed by atoms with Crippen LogP contribution in [0, 0.1) is 0 Å². The Morgan fingerprint density at radius 3 is 2.09 bits per heavy atom. The molecule has 0 saturated carbocycles. The van der Waals surface area contributed by atoms with E-state index in [1.165, 1.54) is 7.11 Å². The first kappa shape index (κ1) is 18.6. The molecule has 0 aliphatic rings. The van der Waals surface area contributed by atoms with E-state index >= 15 is 0 Å². The largest absolute Gasteiger partial charge is 0.469 e. The highest BCUT2D eigenvalue weighted by Crippen LogP contribution is 2.59. The summed E-state index contributed by atoms with van der Waals surface area (Å²) in [5.41, 5.74) is 1.57. The number of hydrogen-bond acceptors (Lipinski definition) is 5. The van der Waals surface area contributed by atoms with E-state index in [0.717, 1.165) is 5.56 Å². The highest BCUT2D eigenvalue weighted by Gasteiger charge is 2.33. The van der Waals surface area contributed by atoms with E-state index in [-0.39, 0.29) is 19.6 Å². The molecule has 0 bridgehead atoms. The fraction of sp³-hybridized carbons (Fsp3) is 0.438. The molecule has 0 aromatic heterocycles.